The summed E-state index contributed by atoms with van der Waals surface area (Å²) in [5, 5.41) is 0. The van der Waals surface area contributed by atoms with Crippen LogP contribution in [0, 0.1) is 0 Å². The lowest BCUT2D eigenvalue weighted by molar-refractivity contribution is -0.136. The van der Waals surface area contributed by atoms with E-state index in [4.69, 9.17) is 9.47 Å². The average molecular weight is 395 g/mol. The molecule has 29 heavy (non-hydrogen) atoms. The molecule has 0 aliphatic carbocycles. The maximum Gasteiger partial charge on any atom is 0.239 e. The Kier molecular flexibility index (Phi) is 6.05. The van der Waals surface area contributed by atoms with Gasteiger partial charge in [0.1, 0.15) is 0 Å². The van der Waals surface area contributed by atoms with Crippen LogP contribution in [0.25, 0.3) is 0 Å². The summed E-state index contributed by atoms with van der Waals surface area (Å²) in [6.45, 7) is 3.36. The number of likely N-dealkylation sites (tertiary alicyclic amines) is 1. The van der Waals surface area contributed by atoms with Crippen LogP contribution in [0.5, 0.6) is 11.5 Å². The van der Waals surface area contributed by atoms with Crippen molar-refractivity contribution in [2.24, 2.45) is 0 Å². The zero-order valence-corrected chi connectivity index (χ0v) is 17.4. The van der Waals surface area contributed by atoms with Crippen molar-refractivity contribution in [2.45, 2.75) is 38.3 Å². The average Bonchev–Trinajstić information content (AvgIpc) is 3.11. The Hall–Kier alpha value is -2.53. The molecule has 1 amide bonds. The first-order valence-electron chi connectivity index (χ1n) is 10.5. The summed E-state index contributed by atoms with van der Waals surface area (Å²) in [6, 6.07) is 14.6. The van der Waals surface area contributed by atoms with Crippen LogP contribution in [0.2, 0.25) is 0 Å². The van der Waals surface area contributed by atoms with Gasteiger partial charge in [0.15, 0.2) is 11.5 Å². The van der Waals surface area contributed by atoms with E-state index in [9.17, 15) is 4.79 Å². The minimum absolute atomic E-state index is 0.000454. The molecule has 1 saturated heterocycles. The van der Waals surface area contributed by atoms with E-state index in [1.165, 1.54) is 16.7 Å². The second-order valence-corrected chi connectivity index (χ2v) is 7.92. The van der Waals surface area contributed by atoms with Crippen molar-refractivity contribution in [2.75, 3.05) is 33.9 Å². The first kappa shape index (κ1) is 19.8. The molecule has 0 N–H and O–H groups in total. The quantitative estimate of drug-likeness (QED) is 0.780. The second-order valence-electron chi connectivity index (χ2n) is 7.92. The summed E-state index contributed by atoms with van der Waals surface area (Å²) in [4.78, 5) is 17.8. The number of benzene rings is 2. The highest BCUT2D eigenvalue weighted by atomic mass is 16.5. The SMILES string of the molecule is COc1cc2c(cc1OC)CCN(C(=O)C1CCCN1Cc1ccccc1)CC2. The Labute approximate surface area is 173 Å². The number of amides is 1. The van der Waals surface area contributed by atoms with E-state index in [-0.39, 0.29) is 11.9 Å². The second kappa shape index (κ2) is 8.87. The van der Waals surface area contributed by atoms with Gasteiger partial charge in [-0.1, -0.05) is 30.3 Å². The standard InChI is InChI=1S/C24H30N2O3/c1-28-22-15-19-10-13-25(14-11-20(19)16-23(22)29-2)24(27)21-9-6-12-26(21)17-18-7-4-3-5-8-18/h3-5,7-8,15-16,21H,6,9-14,17H2,1-2H3. The van der Waals surface area contributed by atoms with Gasteiger partial charge < -0.3 is 14.4 Å². The van der Waals surface area contributed by atoms with Crippen molar-refractivity contribution in [3.05, 3.63) is 59.2 Å². The molecule has 0 radical (unpaired) electrons. The molecule has 5 nitrogen and oxygen atoms in total. The van der Waals surface area contributed by atoms with E-state index in [0.717, 1.165) is 63.4 Å². The van der Waals surface area contributed by atoms with E-state index >= 15 is 0 Å². The highest BCUT2D eigenvalue weighted by Crippen LogP contribution is 2.32. The largest absolute Gasteiger partial charge is 0.493 e. The molecule has 0 aromatic heterocycles. The minimum Gasteiger partial charge on any atom is -0.493 e. The molecule has 154 valence electrons. The number of carbonyl (C=O) groups excluding carboxylic acids is 1. The number of methoxy groups -OCH3 is 2. The fraction of sp³-hybridized carbons (Fsp3) is 0.458. The molecule has 2 aliphatic heterocycles. The van der Waals surface area contributed by atoms with E-state index < -0.39 is 0 Å². The Balaban J connectivity index is 1.45. The molecule has 4 rings (SSSR count). The van der Waals surface area contributed by atoms with Gasteiger partial charge in [-0.05, 0) is 61.1 Å². The summed E-state index contributed by atoms with van der Waals surface area (Å²) in [5.41, 5.74) is 3.78. The topological polar surface area (TPSA) is 42.0 Å². The van der Waals surface area contributed by atoms with Gasteiger partial charge in [0.25, 0.3) is 0 Å². The molecule has 0 bridgehead atoms. The maximum atomic E-state index is 13.4. The van der Waals surface area contributed by atoms with Crippen molar-refractivity contribution in [1.29, 1.82) is 0 Å². The molecule has 2 aromatic carbocycles. The highest BCUT2D eigenvalue weighted by Gasteiger charge is 2.34. The van der Waals surface area contributed by atoms with Crippen LogP contribution < -0.4 is 9.47 Å². The lowest BCUT2D eigenvalue weighted by atomic mass is 10.0. The number of hydrogen-bond acceptors (Lipinski definition) is 4. The summed E-state index contributed by atoms with van der Waals surface area (Å²) in [6.07, 6.45) is 3.75. The molecule has 1 unspecified atom stereocenters. The van der Waals surface area contributed by atoms with Crippen molar-refractivity contribution in [3.8, 4) is 11.5 Å². The maximum absolute atomic E-state index is 13.4. The third kappa shape index (κ3) is 4.25. The van der Waals surface area contributed by atoms with Gasteiger partial charge in [-0.25, -0.2) is 0 Å². The van der Waals surface area contributed by atoms with Gasteiger partial charge in [-0.2, -0.15) is 0 Å². The number of ether oxygens (including phenoxy) is 2. The van der Waals surface area contributed by atoms with Crippen LogP contribution >= 0.6 is 0 Å². The van der Waals surface area contributed by atoms with E-state index in [2.05, 4.69) is 46.2 Å². The number of carbonyl (C=O) groups is 1. The number of nitrogens with zero attached hydrogens (tertiary/aromatic N) is 2. The van der Waals surface area contributed by atoms with Gasteiger partial charge in [0.2, 0.25) is 5.91 Å². The molecular weight excluding hydrogens is 364 g/mol. The predicted molar refractivity (Wildman–Crippen MR) is 113 cm³/mol. The summed E-state index contributed by atoms with van der Waals surface area (Å²) in [7, 11) is 3.33. The lowest BCUT2D eigenvalue weighted by Gasteiger charge is -2.29. The van der Waals surface area contributed by atoms with Crippen LogP contribution in [0.15, 0.2) is 42.5 Å². The van der Waals surface area contributed by atoms with Crippen LogP contribution in [0.1, 0.15) is 29.5 Å². The summed E-state index contributed by atoms with van der Waals surface area (Å²) in [5.74, 6) is 1.80. The Morgan fingerprint density at radius 2 is 1.59 bits per heavy atom. The van der Waals surface area contributed by atoms with Gasteiger partial charge in [0.05, 0.1) is 20.3 Å². The summed E-state index contributed by atoms with van der Waals surface area (Å²) < 4.78 is 10.9. The van der Waals surface area contributed by atoms with E-state index in [1.54, 1.807) is 14.2 Å². The Morgan fingerprint density at radius 3 is 2.17 bits per heavy atom. The molecule has 0 spiro atoms. The van der Waals surface area contributed by atoms with Crippen LogP contribution in [0.3, 0.4) is 0 Å². The third-order valence-corrected chi connectivity index (χ3v) is 6.20. The molecule has 0 saturated carbocycles. The van der Waals surface area contributed by atoms with Crippen molar-refractivity contribution < 1.29 is 14.3 Å². The number of hydrogen-bond donors (Lipinski definition) is 0. The van der Waals surface area contributed by atoms with Crippen molar-refractivity contribution >= 4 is 5.91 Å². The Bertz CT molecular complexity index is 818. The fourth-order valence-electron chi connectivity index (χ4n) is 4.60. The van der Waals surface area contributed by atoms with Crippen molar-refractivity contribution in [3.63, 3.8) is 0 Å². The van der Waals surface area contributed by atoms with Crippen LogP contribution in [-0.2, 0) is 24.2 Å². The van der Waals surface area contributed by atoms with Crippen molar-refractivity contribution in [1.82, 2.24) is 9.80 Å². The number of rotatable bonds is 5. The highest BCUT2D eigenvalue weighted by molar-refractivity contribution is 5.82. The summed E-state index contributed by atoms with van der Waals surface area (Å²) >= 11 is 0. The zero-order chi connectivity index (χ0) is 20.2. The molecule has 2 heterocycles. The third-order valence-electron chi connectivity index (χ3n) is 6.20. The molecule has 5 heteroatoms. The predicted octanol–water partition coefficient (Wildman–Crippen LogP) is 3.30. The van der Waals surface area contributed by atoms with Crippen LogP contribution in [0.4, 0.5) is 0 Å². The molecule has 1 fully saturated rings. The Morgan fingerprint density at radius 1 is 0.966 bits per heavy atom. The molecule has 2 aromatic rings. The van der Waals surface area contributed by atoms with Gasteiger partial charge in [-0.15, -0.1) is 0 Å². The lowest BCUT2D eigenvalue weighted by Crippen LogP contribution is -2.46. The molecular formula is C24H30N2O3. The molecule has 2 aliphatic rings. The zero-order valence-electron chi connectivity index (χ0n) is 17.4. The monoisotopic (exact) mass is 394 g/mol. The fourth-order valence-corrected chi connectivity index (χ4v) is 4.60. The normalized spacial score (nSPS) is 19.5. The van der Waals surface area contributed by atoms with Gasteiger partial charge >= 0.3 is 0 Å². The van der Waals surface area contributed by atoms with Gasteiger partial charge in [0, 0.05) is 19.6 Å². The smallest absolute Gasteiger partial charge is 0.239 e. The first-order chi connectivity index (χ1) is 14.2. The van der Waals surface area contributed by atoms with Gasteiger partial charge in [-0.3, -0.25) is 9.69 Å². The van der Waals surface area contributed by atoms with Crippen LogP contribution in [-0.4, -0.2) is 55.6 Å². The first-order valence-corrected chi connectivity index (χ1v) is 10.5. The van der Waals surface area contributed by atoms with E-state index in [1.807, 2.05) is 6.07 Å². The minimum atomic E-state index is 0.000454. The number of fused-ring (bicyclic) bond motifs is 1. The molecule has 1 atom stereocenters. The van der Waals surface area contributed by atoms with E-state index in [0.29, 0.717) is 0 Å².